The Labute approximate surface area is 156 Å². The molecule has 4 aromatic rings. The molecule has 5 rings (SSSR count). The topological polar surface area (TPSA) is 64.2 Å². The summed E-state index contributed by atoms with van der Waals surface area (Å²) in [6.07, 6.45) is 6.45. The lowest BCUT2D eigenvalue weighted by Crippen LogP contribution is -2.12. The average molecular weight is 359 g/mol. The third-order valence-corrected chi connectivity index (χ3v) is 5.30. The molecule has 0 saturated heterocycles. The first-order valence-electron chi connectivity index (χ1n) is 9.44. The van der Waals surface area contributed by atoms with Gasteiger partial charge in [0.15, 0.2) is 0 Å². The molecule has 0 radical (unpaired) electrons. The monoisotopic (exact) mass is 359 g/mol. The summed E-state index contributed by atoms with van der Waals surface area (Å²) < 4.78 is 4.24. The highest BCUT2D eigenvalue weighted by molar-refractivity contribution is 6.04. The van der Waals surface area contributed by atoms with Crippen LogP contribution in [0.15, 0.2) is 42.6 Å². The number of aryl methyl sites for hydroxylation is 3. The van der Waals surface area contributed by atoms with Crippen LogP contribution in [-0.4, -0.2) is 24.8 Å². The highest BCUT2D eigenvalue weighted by atomic mass is 16.1. The summed E-state index contributed by atoms with van der Waals surface area (Å²) >= 11 is 0. The summed E-state index contributed by atoms with van der Waals surface area (Å²) in [5, 5.41) is 2.96. The van der Waals surface area contributed by atoms with Crippen LogP contribution in [0, 0.1) is 6.92 Å². The average Bonchev–Trinajstić information content (AvgIpc) is 3.17. The molecule has 0 fully saturated rings. The van der Waals surface area contributed by atoms with E-state index in [2.05, 4.69) is 20.9 Å². The molecular formula is C21H21N5O. The molecule has 1 amide bonds. The zero-order valence-electron chi connectivity index (χ0n) is 15.3. The molecule has 4 heterocycles. The van der Waals surface area contributed by atoms with Crippen molar-refractivity contribution in [1.82, 2.24) is 18.9 Å². The van der Waals surface area contributed by atoms with E-state index in [9.17, 15) is 4.79 Å². The number of pyridine rings is 1. The summed E-state index contributed by atoms with van der Waals surface area (Å²) in [5.74, 6) is 0.944. The van der Waals surface area contributed by atoms with Crippen LogP contribution < -0.4 is 5.32 Å². The Morgan fingerprint density at radius 2 is 2.04 bits per heavy atom. The predicted octanol–water partition coefficient (Wildman–Crippen LogP) is 3.97. The molecule has 0 unspecified atom stereocenters. The summed E-state index contributed by atoms with van der Waals surface area (Å²) in [4.78, 5) is 21.9. The van der Waals surface area contributed by atoms with Crippen molar-refractivity contribution in [3.63, 3.8) is 0 Å². The number of nitrogens with zero attached hydrogens (tertiary/aromatic N) is 4. The number of rotatable bonds is 2. The molecule has 3 aromatic heterocycles. The molecule has 1 N–H and O–H groups in total. The molecule has 0 aliphatic carbocycles. The van der Waals surface area contributed by atoms with E-state index in [1.165, 1.54) is 19.3 Å². The van der Waals surface area contributed by atoms with E-state index < -0.39 is 0 Å². The number of carbonyl (C=O) groups excluding carboxylic acids is 1. The molecule has 1 aliphatic heterocycles. The molecule has 0 bridgehead atoms. The SMILES string of the molecule is Cc1cccc2nc(C(=O)Nc3ccc4c(c3)nc3n4CCCCC3)cn12. The van der Waals surface area contributed by atoms with E-state index in [-0.39, 0.29) is 5.91 Å². The van der Waals surface area contributed by atoms with E-state index in [4.69, 9.17) is 4.98 Å². The maximum atomic E-state index is 12.7. The van der Waals surface area contributed by atoms with Crippen LogP contribution >= 0.6 is 0 Å². The predicted molar refractivity (Wildman–Crippen MR) is 105 cm³/mol. The van der Waals surface area contributed by atoms with Crippen molar-refractivity contribution < 1.29 is 4.79 Å². The first kappa shape index (κ1) is 16.1. The summed E-state index contributed by atoms with van der Waals surface area (Å²) in [7, 11) is 0. The van der Waals surface area contributed by atoms with Gasteiger partial charge in [0.1, 0.15) is 17.2 Å². The van der Waals surface area contributed by atoms with Gasteiger partial charge in [-0.15, -0.1) is 0 Å². The largest absolute Gasteiger partial charge is 0.328 e. The molecule has 6 heteroatoms. The fourth-order valence-electron chi connectivity index (χ4n) is 3.88. The fourth-order valence-corrected chi connectivity index (χ4v) is 3.88. The smallest absolute Gasteiger partial charge is 0.275 e. The van der Waals surface area contributed by atoms with Gasteiger partial charge in [-0.3, -0.25) is 4.79 Å². The van der Waals surface area contributed by atoms with Crippen molar-refractivity contribution in [3.05, 3.63) is 59.8 Å². The first-order chi connectivity index (χ1) is 13.2. The van der Waals surface area contributed by atoms with Gasteiger partial charge < -0.3 is 14.3 Å². The van der Waals surface area contributed by atoms with Gasteiger partial charge in [-0.1, -0.05) is 12.5 Å². The molecule has 27 heavy (non-hydrogen) atoms. The van der Waals surface area contributed by atoms with Crippen molar-refractivity contribution in [1.29, 1.82) is 0 Å². The quantitative estimate of drug-likeness (QED) is 0.589. The second kappa shape index (κ2) is 6.23. The van der Waals surface area contributed by atoms with E-state index in [1.54, 1.807) is 6.20 Å². The molecule has 0 atom stereocenters. The lowest BCUT2D eigenvalue weighted by molar-refractivity contribution is 0.102. The Morgan fingerprint density at radius 1 is 1.11 bits per heavy atom. The minimum atomic E-state index is -0.210. The number of aromatic nitrogens is 4. The third kappa shape index (κ3) is 2.77. The van der Waals surface area contributed by atoms with E-state index in [1.807, 2.05) is 41.7 Å². The van der Waals surface area contributed by atoms with Crippen molar-refractivity contribution in [2.75, 3.05) is 5.32 Å². The van der Waals surface area contributed by atoms with Gasteiger partial charge in [-0.05, 0) is 50.1 Å². The normalized spacial score (nSPS) is 14.3. The molecular weight excluding hydrogens is 338 g/mol. The van der Waals surface area contributed by atoms with Gasteiger partial charge in [0.25, 0.3) is 5.91 Å². The third-order valence-electron chi connectivity index (χ3n) is 5.30. The van der Waals surface area contributed by atoms with Crippen molar-refractivity contribution in [2.45, 2.75) is 39.2 Å². The molecule has 6 nitrogen and oxygen atoms in total. The van der Waals surface area contributed by atoms with Crippen molar-refractivity contribution >= 4 is 28.3 Å². The van der Waals surface area contributed by atoms with Gasteiger partial charge in [0, 0.05) is 30.5 Å². The fraction of sp³-hybridized carbons (Fsp3) is 0.286. The molecule has 0 saturated carbocycles. The number of nitrogens with one attached hydrogen (secondary N) is 1. The number of amides is 1. The standard InChI is InChI=1S/C21H21N5O/c1-14-6-5-8-20-24-17(13-26(14)20)21(27)22-15-9-10-18-16(12-15)23-19-7-3-2-4-11-25(18)19/h5-6,8-10,12-13H,2-4,7,11H2,1H3,(H,22,27). The number of anilines is 1. The van der Waals surface area contributed by atoms with Crippen LogP contribution in [0.4, 0.5) is 5.69 Å². The first-order valence-corrected chi connectivity index (χ1v) is 9.44. The number of imidazole rings is 2. The van der Waals surface area contributed by atoms with Crippen LogP contribution in [0.5, 0.6) is 0 Å². The van der Waals surface area contributed by atoms with Gasteiger partial charge in [0.05, 0.1) is 11.0 Å². The lowest BCUT2D eigenvalue weighted by atomic mass is 10.2. The Kier molecular flexibility index (Phi) is 3.70. The molecule has 1 aliphatic rings. The summed E-state index contributed by atoms with van der Waals surface area (Å²) in [6, 6.07) is 11.8. The maximum absolute atomic E-state index is 12.7. The highest BCUT2D eigenvalue weighted by Crippen LogP contribution is 2.24. The maximum Gasteiger partial charge on any atom is 0.275 e. The Morgan fingerprint density at radius 3 is 2.93 bits per heavy atom. The second-order valence-corrected chi connectivity index (χ2v) is 7.17. The van der Waals surface area contributed by atoms with Gasteiger partial charge in [0.2, 0.25) is 0 Å². The van der Waals surface area contributed by atoms with Gasteiger partial charge >= 0.3 is 0 Å². The molecule has 0 spiro atoms. The summed E-state index contributed by atoms with van der Waals surface area (Å²) in [6.45, 7) is 3.02. The summed E-state index contributed by atoms with van der Waals surface area (Å²) in [5.41, 5.74) is 5.05. The van der Waals surface area contributed by atoms with Crippen molar-refractivity contribution in [3.8, 4) is 0 Å². The number of benzene rings is 1. The number of fused-ring (bicyclic) bond motifs is 4. The number of carbonyl (C=O) groups is 1. The number of hydrogen-bond acceptors (Lipinski definition) is 3. The van der Waals surface area contributed by atoms with Crippen LogP contribution in [-0.2, 0) is 13.0 Å². The Bertz CT molecular complexity index is 1170. The Balaban J connectivity index is 1.45. The lowest BCUT2D eigenvalue weighted by Gasteiger charge is -2.05. The van der Waals surface area contributed by atoms with Crippen LogP contribution in [0.2, 0.25) is 0 Å². The van der Waals surface area contributed by atoms with E-state index in [0.717, 1.165) is 46.9 Å². The van der Waals surface area contributed by atoms with Crippen LogP contribution in [0.3, 0.4) is 0 Å². The molecule has 136 valence electrons. The van der Waals surface area contributed by atoms with Crippen LogP contribution in [0.1, 0.15) is 41.3 Å². The van der Waals surface area contributed by atoms with Crippen molar-refractivity contribution in [2.24, 2.45) is 0 Å². The second-order valence-electron chi connectivity index (χ2n) is 7.17. The zero-order valence-corrected chi connectivity index (χ0v) is 15.3. The minimum absolute atomic E-state index is 0.210. The Hall–Kier alpha value is -3.15. The van der Waals surface area contributed by atoms with E-state index in [0.29, 0.717) is 5.69 Å². The number of hydrogen-bond donors (Lipinski definition) is 1. The van der Waals surface area contributed by atoms with Gasteiger partial charge in [-0.25, -0.2) is 9.97 Å². The minimum Gasteiger partial charge on any atom is -0.328 e. The highest BCUT2D eigenvalue weighted by Gasteiger charge is 2.15. The van der Waals surface area contributed by atoms with E-state index >= 15 is 0 Å². The van der Waals surface area contributed by atoms with Crippen LogP contribution in [0.25, 0.3) is 16.7 Å². The van der Waals surface area contributed by atoms with Gasteiger partial charge in [-0.2, -0.15) is 0 Å². The molecule has 1 aromatic carbocycles. The zero-order chi connectivity index (χ0) is 18.4.